The first kappa shape index (κ1) is 13.1. The third kappa shape index (κ3) is 3.58. The summed E-state index contributed by atoms with van der Waals surface area (Å²) in [5, 5.41) is 3.72. The van der Waals surface area contributed by atoms with Gasteiger partial charge >= 0.3 is 0 Å². The van der Waals surface area contributed by atoms with Crippen LogP contribution in [0.25, 0.3) is 0 Å². The van der Waals surface area contributed by atoms with Gasteiger partial charge in [-0.3, -0.25) is 0 Å². The second kappa shape index (κ2) is 6.06. The van der Waals surface area contributed by atoms with Crippen molar-refractivity contribution < 1.29 is 0 Å². The number of nitrogens with one attached hydrogen (secondary N) is 1. The smallest absolute Gasteiger partial charge is 0.0238 e. The van der Waals surface area contributed by atoms with Gasteiger partial charge in [-0.05, 0) is 49.3 Å². The minimum atomic E-state index is 0.639. The molecule has 1 saturated carbocycles. The Hall–Kier alpha value is -0.860. The lowest BCUT2D eigenvalue weighted by atomic mass is 9.95. The average Bonchev–Trinajstić information content (AvgIpc) is 3.23. The zero-order valence-corrected chi connectivity index (χ0v) is 12.1. The largest absolute Gasteiger partial charge is 0.308 e. The molecule has 1 aromatic rings. The predicted molar refractivity (Wildman–Crippen MR) is 80.2 cm³/mol. The van der Waals surface area contributed by atoms with E-state index >= 15 is 0 Å². The number of hydrogen-bond acceptors (Lipinski definition) is 2. The monoisotopic (exact) mass is 258 g/mol. The van der Waals surface area contributed by atoms with E-state index in [0.717, 1.165) is 12.5 Å². The van der Waals surface area contributed by atoms with Crippen LogP contribution in [0.15, 0.2) is 24.3 Å². The summed E-state index contributed by atoms with van der Waals surface area (Å²) < 4.78 is 0. The molecule has 1 aromatic carbocycles. The summed E-state index contributed by atoms with van der Waals surface area (Å²) in [6, 6.07) is 9.52. The highest BCUT2D eigenvalue weighted by Crippen LogP contribution is 2.30. The molecule has 0 bridgehead atoms. The van der Waals surface area contributed by atoms with Crippen molar-refractivity contribution in [2.45, 2.75) is 45.2 Å². The zero-order valence-electron chi connectivity index (χ0n) is 12.1. The summed E-state index contributed by atoms with van der Waals surface area (Å²) in [6.45, 7) is 7.15. The van der Waals surface area contributed by atoms with Gasteiger partial charge in [0.05, 0.1) is 0 Å². The molecule has 1 aliphatic heterocycles. The maximum atomic E-state index is 3.72. The lowest BCUT2D eigenvalue weighted by molar-refractivity contribution is 0.228. The van der Waals surface area contributed by atoms with Crippen LogP contribution in [-0.4, -0.2) is 30.6 Å². The van der Waals surface area contributed by atoms with Crippen LogP contribution in [0.3, 0.4) is 0 Å². The minimum Gasteiger partial charge on any atom is -0.308 e. The van der Waals surface area contributed by atoms with E-state index in [1.54, 1.807) is 5.56 Å². The molecule has 0 amide bonds. The van der Waals surface area contributed by atoms with Gasteiger partial charge < -0.3 is 10.2 Å². The van der Waals surface area contributed by atoms with Crippen molar-refractivity contribution in [1.29, 1.82) is 0 Å². The normalized spacial score (nSPS) is 22.5. The van der Waals surface area contributed by atoms with Crippen LogP contribution < -0.4 is 5.32 Å². The van der Waals surface area contributed by atoms with E-state index in [0.29, 0.717) is 6.04 Å². The van der Waals surface area contributed by atoms with Gasteiger partial charge in [0.2, 0.25) is 0 Å². The summed E-state index contributed by atoms with van der Waals surface area (Å²) >= 11 is 0. The molecule has 2 nitrogen and oxygen atoms in total. The van der Waals surface area contributed by atoms with Gasteiger partial charge in [0.1, 0.15) is 0 Å². The van der Waals surface area contributed by atoms with Crippen molar-refractivity contribution >= 4 is 0 Å². The van der Waals surface area contributed by atoms with E-state index in [1.807, 2.05) is 0 Å². The number of fused-ring (bicyclic) bond motifs is 1. The lowest BCUT2D eigenvalue weighted by Crippen LogP contribution is -2.45. The molecule has 1 heterocycles. The Morgan fingerprint density at radius 3 is 2.68 bits per heavy atom. The van der Waals surface area contributed by atoms with Gasteiger partial charge in [0.25, 0.3) is 0 Å². The Kier molecular flexibility index (Phi) is 4.19. The van der Waals surface area contributed by atoms with E-state index in [1.165, 1.54) is 50.9 Å². The SMILES string of the molecule is CCCN(CC1CC1)CC1Cc2ccccc2CN1. The molecule has 104 valence electrons. The number of nitrogens with zero attached hydrogens (tertiary/aromatic N) is 1. The minimum absolute atomic E-state index is 0.639. The first-order valence-corrected chi connectivity index (χ1v) is 7.87. The molecule has 1 aliphatic carbocycles. The summed E-state index contributed by atoms with van der Waals surface area (Å²) in [6.07, 6.45) is 5.39. The molecular formula is C17H26N2. The molecule has 1 fully saturated rings. The third-order valence-corrected chi connectivity index (χ3v) is 4.40. The number of benzene rings is 1. The van der Waals surface area contributed by atoms with Gasteiger partial charge in [0, 0.05) is 25.7 Å². The summed E-state index contributed by atoms with van der Waals surface area (Å²) in [7, 11) is 0. The van der Waals surface area contributed by atoms with Crippen molar-refractivity contribution in [2.75, 3.05) is 19.6 Å². The van der Waals surface area contributed by atoms with Crippen molar-refractivity contribution in [2.24, 2.45) is 5.92 Å². The van der Waals surface area contributed by atoms with Crippen LogP contribution in [0.4, 0.5) is 0 Å². The molecule has 19 heavy (non-hydrogen) atoms. The van der Waals surface area contributed by atoms with Crippen LogP contribution in [-0.2, 0) is 13.0 Å². The van der Waals surface area contributed by atoms with Gasteiger partial charge in [-0.25, -0.2) is 0 Å². The van der Waals surface area contributed by atoms with Crippen LogP contribution in [0, 0.1) is 5.92 Å². The molecule has 0 saturated heterocycles. The summed E-state index contributed by atoms with van der Waals surface area (Å²) in [5.74, 6) is 1.00. The molecule has 0 radical (unpaired) electrons. The van der Waals surface area contributed by atoms with Crippen molar-refractivity contribution in [3.63, 3.8) is 0 Å². The molecule has 1 N–H and O–H groups in total. The molecule has 0 aromatic heterocycles. The second-order valence-corrected chi connectivity index (χ2v) is 6.25. The molecule has 2 aliphatic rings. The van der Waals surface area contributed by atoms with Crippen molar-refractivity contribution in [1.82, 2.24) is 10.2 Å². The Balaban J connectivity index is 1.57. The van der Waals surface area contributed by atoms with Gasteiger partial charge in [-0.15, -0.1) is 0 Å². The van der Waals surface area contributed by atoms with Crippen LogP contribution >= 0.6 is 0 Å². The predicted octanol–water partition coefficient (Wildman–Crippen LogP) is 2.82. The van der Waals surface area contributed by atoms with E-state index in [4.69, 9.17) is 0 Å². The van der Waals surface area contributed by atoms with E-state index in [9.17, 15) is 0 Å². The highest BCUT2D eigenvalue weighted by Gasteiger charge is 2.26. The lowest BCUT2D eigenvalue weighted by Gasteiger charge is -2.31. The molecular weight excluding hydrogens is 232 g/mol. The maximum absolute atomic E-state index is 3.72. The number of hydrogen-bond donors (Lipinski definition) is 1. The number of rotatable bonds is 6. The fourth-order valence-corrected chi connectivity index (χ4v) is 3.20. The first-order valence-electron chi connectivity index (χ1n) is 7.87. The van der Waals surface area contributed by atoms with Crippen LogP contribution in [0.1, 0.15) is 37.3 Å². The summed E-state index contributed by atoms with van der Waals surface area (Å²) in [4.78, 5) is 2.68. The first-order chi connectivity index (χ1) is 9.35. The average molecular weight is 258 g/mol. The highest BCUT2D eigenvalue weighted by molar-refractivity contribution is 5.29. The fraction of sp³-hybridized carbons (Fsp3) is 0.647. The zero-order chi connectivity index (χ0) is 13.1. The topological polar surface area (TPSA) is 15.3 Å². The highest BCUT2D eigenvalue weighted by atomic mass is 15.2. The Bertz CT molecular complexity index is 411. The van der Waals surface area contributed by atoms with E-state index in [-0.39, 0.29) is 0 Å². The molecule has 0 spiro atoms. The quantitative estimate of drug-likeness (QED) is 0.844. The standard InChI is InChI=1S/C17H26N2/c1-2-9-19(12-14-7-8-14)13-17-10-15-5-3-4-6-16(15)11-18-17/h3-6,14,17-18H,2,7-13H2,1H3. The fourth-order valence-electron chi connectivity index (χ4n) is 3.20. The van der Waals surface area contributed by atoms with Crippen LogP contribution in [0.2, 0.25) is 0 Å². The van der Waals surface area contributed by atoms with Crippen molar-refractivity contribution in [3.05, 3.63) is 35.4 Å². The van der Waals surface area contributed by atoms with Gasteiger partial charge in [-0.2, -0.15) is 0 Å². The molecule has 2 heteroatoms. The van der Waals surface area contributed by atoms with Gasteiger partial charge in [-0.1, -0.05) is 31.2 Å². The molecule has 1 unspecified atom stereocenters. The van der Waals surface area contributed by atoms with E-state index in [2.05, 4.69) is 41.4 Å². The van der Waals surface area contributed by atoms with Gasteiger partial charge in [0.15, 0.2) is 0 Å². The van der Waals surface area contributed by atoms with Crippen molar-refractivity contribution in [3.8, 4) is 0 Å². The van der Waals surface area contributed by atoms with Crippen LogP contribution in [0.5, 0.6) is 0 Å². The Morgan fingerprint density at radius 1 is 1.16 bits per heavy atom. The third-order valence-electron chi connectivity index (χ3n) is 4.40. The summed E-state index contributed by atoms with van der Waals surface area (Å²) in [5.41, 5.74) is 3.04. The Labute approximate surface area is 117 Å². The molecule has 1 atom stereocenters. The Morgan fingerprint density at radius 2 is 1.95 bits per heavy atom. The maximum Gasteiger partial charge on any atom is 0.0238 e. The second-order valence-electron chi connectivity index (χ2n) is 6.25. The molecule has 3 rings (SSSR count). The van der Waals surface area contributed by atoms with E-state index < -0.39 is 0 Å².